The lowest BCUT2D eigenvalue weighted by Gasteiger charge is -2.11. The Hall–Kier alpha value is -2.02. The van der Waals surface area contributed by atoms with E-state index in [1.165, 1.54) is 0 Å². The van der Waals surface area contributed by atoms with Crippen LogP contribution in [0.15, 0.2) is 53.7 Å². The number of hydrogen-bond acceptors (Lipinski definition) is 5. The number of aliphatic hydroxyl groups is 1. The molecule has 0 radical (unpaired) electrons. The van der Waals surface area contributed by atoms with Gasteiger partial charge in [0, 0.05) is 23.6 Å². The van der Waals surface area contributed by atoms with Crippen LogP contribution in [0.1, 0.15) is 6.42 Å². The molecule has 1 N–H and O–H groups in total. The standard InChI is InChI=1S/C18H18ClN3O2S/c1-24-14-9-7-13(8-10-14)22-17(15-5-2-3-6-16(15)19)20-21-18(22)25-12-4-11-23/h2-3,5-10,23H,4,11-12H2,1H3. The van der Waals surface area contributed by atoms with Gasteiger partial charge >= 0.3 is 0 Å². The molecule has 0 spiro atoms. The molecule has 0 fully saturated rings. The second-order valence-corrected chi connectivity index (χ2v) is 6.71. The second kappa shape index (κ2) is 8.38. The average Bonchev–Trinajstić information content (AvgIpc) is 3.06. The van der Waals surface area contributed by atoms with E-state index in [0.717, 1.165) is 27.9 Å². The van der Waals surface area contributed by atoms with Gasteiger partial charge in [0.25, 0.3) is 0 Å². The maximum atomic E-state index is 9.02. The van der Waals surface area contributed by atoms with Crippen molar-refractivity contribution in [1.82, 2.24) is 14.8 Å². The third-order valence-electron chi connectivity index (χ3n) is 3.61. The molecule has 0 aliphatic carbocycles. The molecule has 7 heteroatoms. The molecular formula is C18H18ClN3O2S. The van der Waals surface area contributed by atoms with Crippen LogP contribution < -0.4 is 4.74 Å². The number of aromatic nitrogens is 3. The third-order valence-corrected chi connectivity index (χ3v) is 4.96. The maximum Gasteiger partial charge on any atom is 0.196 e. The molecule has 1 heterocycles. The van der Waals surface area contributed by atoms with Gasteiger partial charge in [-0.3, -0.25) is 4.57 Å². The number of rotatable bonds is 7. The lowest BCUT2D eigenvalue weighted by Crippen LogP contribution is -2.01. The third kappa shape index (κ3) is 3.98. The van der Waals surface area contributed by atoms with Crippen LogP contribution in [0.5, 0.6) is 5.75 Å². The summed E-state index contributed by atoms with van der Waals surface area (Å²) >= 11 is 7.91. The van der Waals surface area contributed by atoms with Gasteiger partial charge in [-0.2, -0.15) is 0 Å². The summed E-state index contributed by atoms with van der Waals surface area (Å²) in [6, 6.07) is 15.3. The topological polar surface area (TPSA) is 60.2 Å². The minimum atomic E-state index is 0.154. The van der Waals surface area contributed by atoms with Crippen LogP contribution in [0.3, 0.4) is 0 Å². The summed E-state index contributed by atoms with van der Waals surface area (Å²) < 4.78 is 7.21. The molecule has 0 bridgehead atoms. The molecule has 0 amide bonds. The van der Waals surface area contributed by atoms with Crippen molar-refractivity contribution in [1.29, 1.82) is 0 Å². The summed E-state index contributed by atoms with van der Waals surface area (Å²) in [5.74, 6) is 2.22. The highest BCUT2D eigenvalue weighted by Gasteiger charge is 2.17. The maximum absolute atomic E-state index is 9.02. The SMILES string of the molecule is COc1ccc(-n2c(SCCCO)nnc2-c2ccccc2Cl)cc1. The van der Waals surface area contributed by atoms with Crippen LogP contribution in [0.4, 0.5) is 0 Å². The fraction of sp³-hybridized carbons (Fsp3) is 0.222. The molecule has 3 aromatic rings. The van der Waals surface area contributed by atoms with Gasteiger partial charge in [0.1, 0.15) is 5.75 Å². The van der Waals surface area contributed by atoms with Crippen molar-refractivity contribution >= 4 is 23.4 Å². The van der Waals surface area contributed by atoms with Crippen LogP contribution >= 0.6 is 23.4 Å². The van der Waals surface area contributed by atoms with E-state index in [9.17, 15) is 0 Å². The number of aliphatic hydroxyl groups excluding tert-OH is 1. The number of halogens is 1. The molecule has 3 rings (SSSR count). The van der Waals surface area contributed by atoms with Gasteiger partial charge in [0.15, 0.2) is 11.0 Å². The van der Waals surface area contributed by atoms with Crippen molar-refractivity contribution in [2.45, 2.75) is 11.6 Å². The van der Waals surface area contributed by atoms with Crippen molar-refractivity contribution in [3.63, 3.8) is 0 Å². The quantitative estimate of drug-likeness (QED) is 0.498. The van der Waals surface area contributed by atoms with E-state index in [4.69, 9.17) is 21.4 Å². The molecule has 2 aromatic carbocycles. The zero-order valence-electron chi connectivity index (χ0n) is 13.7. The van der Waals surface area contributed by atoms with Crippen LogP contribution in [0.2, 0.25) is 5.02 Å². The van der Waals surface area contributed by atoms with E-state index in [2.05, 4.69) is 10.2 Å². The zero-order valence-corrected chi connectivity index (χ0v) is 15.3. The number of thioether (sulfide) groups is 1. The van der Waals surface area contributed by atoms with Crippen molar-refractivity contribution in [2.24, 2.45) is 0 Å². The van der Waals surface area contributed by atoms with E-state index in [0.29, 0.717) is 17.3 Å². The fourth-order valence-corrected chi connectivity index (χ4v) is 3.47. The van der Waals surface area contributed by atoms with E-state index >= 15 is 0 Å². The summed E-state index contributed by atoms with van der Waals surface area (Å²) in [5.41, 5.74) is 1.74. The average molecular weight is 376 g/mol. The summed E-state index contributed by atoms with van der Waals surface area (Å²) in [6.45, 7) is 0.154. The minimum absolute atomic E-state index is 0.154. The Kier molecular flexibility index (Phi) is 5.96. The van der Waals surface area contributed by atoms with Crippen LogP contribution in [0.25, 0.3) is 17.1 Å². The first-order valence-corrected chi connectivity index (χ1v) is 9.19. The fourth-order valence-electron chi connectivity index (χ4n) is 2.37. The van der Waals surface area contributed by atoms with E-state index in [1.54, 1.807) is 18.9 Å². The Morgan fingerprint density at radius 3 is 2.56 bits per heavy atom. The molecule has 0 saturated heterocycles. The highest BCUT2D eigenvalue weighted by Crippen LogP contribution is 2.32. The molecule has 0 atom stereocenters. The van der Waals surface area contributed by atoms with Gasteiger partial charge in [-0.1, -0.05) is 35.5 Å². The first kappa shape index (κ1) is 17.8. The summed E-state index contributed by atoms with van der Waals surface area (Å²) in [6.07, 6.45) is 0.696. The molecule has 0 aliphatic rings. The van der Waals surface area contributed by atoms with Crippen molar-refractivity contribution in [3.05, 3.63) is 53.6 Å². The van der Waals surface area contributed by atoms with Gasteiger partial charge in [-0.05, 0) is 42.8 Å². The monoisotopic (exact) mass is 375 g/mol. The normalized spacial score (nSPS) is 10.8. The first-order valence-electron chi connectivity index (χ1n) is 7.83. The Morgan fingerprint density at radius 1 is 1.12 bits per heavy atom. The largest absolute Gasteiger partial charge is 0.497 e. The summed E-state index contributed by atoms with van der Waals surface area (Å²) in [5, 5.41) is 19.1. The van der Waals surface area contributed by atoms with Crippen molar-refractivity contribution in [2.75, 3.05) is 19.5 Å². The van der Waals surface area contributed by atoms with Crippen LogP contribution in [-0.4, -0.2) is 39.3 Å². The van der Waals surface area contributed by atoms with Crippen LogP contribution in [-0.2, 0) is 0 Å². The first-order chi connectivity index (χ1) is 12.2. The number of hydrogen-bond donors (Lipinski definition) is 1. The van der Waals surface area contributed by atoms with Gasteiger partial charge in [0.05, 0.1) is 12.1 Å². The molecule has 0 unspecified atom stereocenters. The highest BCUT2D eigenvalue weighted by atomic mass is 35.5. The van der Waals surface area contributed by atoms with Gasteiger partial charge in [0.2, 0.25) is 0 Å². The predicted molar refractivity (Wildman–Crippen MR) is 101 cm³/mol. The van der Waals surface area contributed by atoms with Gasteiger partial charge in [-0.15, -0.1) is 10.2 Å². The Bertz CT molecular complexity index is 837. The molecule has 5 nitrogen and oxygen atoms in total. The molecule has 25 heavy (non-hydrogen) atoms. The van der Waals surface area contributed by atoms with E-state index in [1.807, 2.05) is 53.1 Å². The predicted octanol–water partition coefficient (Wildman–Crippen LogP) is 4.07. The second-order valence-electron chi connectivity index (χ2n) is 5.25. The van der Waals surface area contributed by atoms with E-state index < -0.39 is 0 Å². The summed E-state index contributed by atoms with van der Waals surface area (Å²) in [7, 11) is 1.64. The molecule has 130 valence electrons. The van der Waals surface area contributed by atoms with E-state index in [-0.39, 0.29) is 6.61 Å². The van der Waals surface area contributed by atoms with Crippen molar-refractivity contribution in [3.8, 4) is 22.8 Å². The summed E-state index contributed by atoms with van der Waals surface area (Å²) in [4.78, 5) is 0. The smallest absolute Gasteiger partial charge is 0.196 e. The molecule has 0 saturated carbocycles. The Morgan fingerprint density at radius 2 is 1.88 bits per heavy atom. The van der Waals surface area contributed by atoms with Crippen LogP contribution in [0, 0.1) is 0 Å². The number of nitrogens with zero attached hydrogens (tertiary/aromatic N) is 3. The van der Waals surface area contributed by atoms with Gasteiger partial charge in [-0.25, -0.2) is 0 Å². The number of benzene rings is 2. The lowest BCUT2D eigenvalue weighted by molar-refractivity contribution is 0.296. The van der Waals surface area contributed by atoms with Crippen molar-refractivity contribution < 1.29 is 9.84 Å². The highest BCUT2D eigenvalue weighted by molar-refractivity contribution is 7.99. The molecule has 0 aliphatic heterocycles. The zero-order chi connectivity index (χ0) is 17.6. The Balaban J connectivity index is 2.07. The number of methoxy groups -OCH3 is 1. The molecule has 1 aromatic heterocycles. The minimum Gasteiger partial charge on any atom is -0.497 e. The number of ether oxygens (including phenoxy) is 1. The Labute approximate surface area is 155 Å². The lowest BCUT2D eigenvalue weighted by atomic mass is 10.2. The van der Waals surface area contributed by atoms with Gasteiger partial charge < -0.3 is 9.84 Å². The molecular weight excluding hydrogens is 358 g/mol.